The topological polar surface area (TPSA) is 69.7 Å². The van der Waals surface area contributed by atoms with E-state index in [0.717, 1.165) is 39.0 Å². The van der Waals surface area contributed by atoms with Crippen molar-refractivity contribution in [3.63, 3.8) is 0 Å². The summed E-state index contributed by atoms with van der Waals surface area (Å²) >= 11 is 7.39. The van der Waals surface area contributed by atoms with Gasteiger partial charge < -0.3 is 10.2 Å². The number of benzene rings is 2. The van der Waals surface area contributed by atoms with Crippen molar-refractivity contribution >= 4 is 63.4 Å². The van der Waals surface area contributed by atoms with Crippen LogP contribution in [0.3, 0.4) is 0 Å². The smallest absolute Gasteiger partial charge is 0.294 e. The third-order valence-electron chi connectivity index (χ3n) is 6.13. The first-order chi connectivity index (χ1) is 16.0. The van der Waals surface area contributed by atoms with Gasteiger partial charge >= 0.3 is 0 Å². The molecule has 4 rings (SSSR count). The molecule has 176 valence electrons. The highest BCUT2D eigenvalue weighted by molar-refractivity contribution is 8.18. The summed E-state index contributed by atoms with van der Waals surface area (Å²) in [5.41, 5.74) is 5.32. The van der Waals surface area contributed by atoms with Crippen LogP contribution in [0.2, 0.25) is 5.02 Å². The number of fused-ring (bicyclic) bond motifs is 1. The second kappa shape index (κ2) is 8.96. The van der Waals surface area contributed by atoms with Crippen molar-refractivity contribution in [2.24, 2.45) is 0 Å². The molecule has 34 heavy (non-hydrogen) atoms. The molecule has 2 heterocycles. The average molecular weight is 496 g/mol. The summed E-state index contributed by atoms with van der Waals surface area (Å²) in [6, 6.07) is 11.1. The van der Waals surface area contributed by atoms with E-state index in [1.165, 1.54) is 0 Å². The van der Waals surface area contributed by atoms with Crippen LogP contribution >= 0.6 is 23.4 Å². The van der Waals surface area contributed by atoms with Crippen molar-refractivity contribution in [2.45, 2.75) is 33.2 Å². The molecule has 1 saturated heterocycles. The second-order valence-electron chi connectivity index (χ2n) is 9.11. The van der Waals surface area contributed by atoms with Crippen LogP contribution in [0.4, 0.5) is 16.2 Å². The maximum Gasteiger partial charge on any atom is 0.294 e. The minimum absolute atomic E-state index is 0.149. The fraction of sp³-hybridized carbons (Fsp3) is 0.269. The first-order valence-corrected chi connectivity index (χ1v) is 12.0. The number of nitrogens with zero attached hydrogens (tertiary/aromatic N) is 2. The molecule has 2 aromatic rings. The molecule has 2 aromatic carbocycles. The van der Waals surface area contributed by atoms with Crippen LogP contribution in [0.25, 0.3) is 11.6 Å². The number of hydrogen-bond donors (Lipinski definition) is 1. The number of likely N-dealkylation sites (N-methyl/N-ethyl adjacent to an activating group) is 1. The van der Waals surface area contributed by atoms with Crippen LogP contribution in [0.5, 0.6) is 0 Å². The highest BCUT2D eigenvalue weighted by Gasteiger charge is 2.37. The van der Waals surface area contributed by atoms with Crippen molar-refractivity contribution in [3.8, 4) is 0 Å². The normalized spacial score (nSPS) is 18.3. The van der Waals surface area contributed by atoms with E-state index in [1.807, 2.05) is 45.2 Å². The molecule has 0 aromatic heterocycles. The number of allylic oxidation sites excluding steroid dienone is 1. The summed E-state index contributed by atoms with van der Waals surface area (Å²) in [5.74, 6) is -0.945. The van der Waals surface area contributed by atoms with E-state index in [1.54, 1.807) is 18.2 Å². The number of imide groups is 1. The zero-order chi connectivity index (χ0) is 24.8. The lowest BCUT2D eigenvalue weighted by atomic mass is 9.88. The number of anilines is 2. The van der Waals surface area contributed by atoms with Gasteiger partial charge in [0, 0.05) is 29.0 Å². The Bertz CT molecular complexity index is 1260. The monoisotopic (exact) mass is 495 g/mol. The molecule has 8 heteroatoms. The number of hydrogen-bond acceptors (Lipinski definition) is 5. The fourth-order valence-electron chi connectivity index (χ4n) is 4.06. The van der Waals surface area contributed by atoms with Crippen LogP contribution in [-0.4, -0.2) is 41.1 Å². The third kappa shape index (κ3) is 4.63. The van der Waals surface area contributed by atoms with Gasteiger partial charge in [-0.15, -0.1) is 0 Å². The average Bonchev–Trinajstić information content (AvgIpc) is 3.02. The number of carbonyl (C=O) groups is 3. The Morgan fingerprint density at radius 3 is 2.50 bits per heavy atom. The highest BCUT2D eigenvalue weighted by atomic mass is 35.5. The fourth-order valence-corrected chi connectivity index (χ4v) is 5.10. The lowest BCUT2D eigenvalue weighted by molar-refractivity contribution is -0.127. The molecule has 0 bridgehead atoms. The maximum atomic E-state index is 12.9. The molecule has 2 aliphatic heterocycles. The van der Waals surface area contributed by atoms with Gasteiger partial charge in [-0.1, -0.05) is 35.4 Å². The van der Waals surface area contributed by atoms with Gasteiger partial charge in [0.1, 0.15) is 6.54 Å². The molecule has 0 atom stereocenters. The van der Waals surface area contributed by atoms with Gasteiger partial charge in [-0.05, 0) is 80.9 Å². The number of rotatable bonds is 4. The molecule has 0 spiro atoms. The summed E-state index contributed by atoms with van der Waals surface area (Å²) in [7, 11) is 2.02. The lowest BCUT2D eigenvalue weighted by Gasteiger charge is -2.40. The Hall–Kier alpha value is -3.03. The van der Waals surface area contributed by atoms with Gasteiger partial charge in [0.25, 0.3) is 11.1 Å². The van der Waals surface area contributed by atoms with Crippen molar-refractivity contribution in [1.82, 2.24) is 4.90 Å². The van der Waals surface area contributed by atoms with E-state index in [2.05, 4.69) is 30.1 Å². The molecule has 6 nitrogen and oxygen atoms in total. The highest BCUT2D eigenvalue weighted by Crippen LogP contribution is 2.42. The van der Waals surface area contributed by atoms with Crippen LogP contribution in [0.1, 0.15) is 37.5 Å². The minimum Gasteiger partial charge on any atom is -0.365 e. The Morgan fingerprint density at radius 2 is 1.82 bits per heavy atom. The number of carbonyl (C=O) groups excluding carboxylic acids is 3. The number of thioether (sulfide) groups is 1. The van der Waals surface area contributed by atoms with Gasteiger partial charge in [0.15, 0.2) is 0 Å². The van der Waals surface area contributed by atoms with E-state index in [9.17, 15) is 14.4 Å². The summed E-state index contributed by atoms with van der Waals surface area (Å²) in [6.07, 6.45) is 3.81. The number of nitrogens with one attached hydrogen (secondary N) is 1. The van der Waals surface area contributed by atoms with E-state index in [-0.39, 0.29) is 17.0 Å². The molecular weight excluding hydrogens is 470 g/mol. The Balaban J connectivity index is 1.55. The molecule has 1 N–H and O–H groups in total. The van der Waals surface area contributed by atoms with Gasteiger partial charge in [-0.2, -0.15) is 0 Å². The molecule has 0 aliphatic carbocycles. The molecule has 0 unspecified atom stereocenters. The molecular formula is C26H26ClN3O3S. The van der Waals surface area contributed by atoms with Crippen molar-refractivity contribution < 1.29 is 14.4 Å². The standard InChI is InChI=1S/C26H26ClN3O3S/c1-15-6-8-18(9-7-15)28-23(31)14-30-24(32)22(34-25(30)33)11-17-10-19-16(2)13-26(3,4)29(5)21(19)12-20(17)27/h6-13H,14H2,1-5H3,(H,28,31)/b22-11+. The summed E-state index contributed by atoms with van der Waals surface area (Å²) < 4.78 is 0. The summed E-state index contributed by atoms with van der Waals surface area (Å²) in [4.78, 5) is 41.2. The Labute approximate surface area is 208 Å². The molecule has 1 fully saturated rings. The maximum absolute atomic E-state index is 12.9. The predicted octanol–water partition coefficient (Wildman–Crippen LogP) is 5.96. The van der Waals surface area contributed by atoms with E-state index >= 15 is 0 Å². The van der Waals surface area contributed by atoms with Crippen molar-refractivity contribution in [3.05, 3.63) is 69.1 Å². The first kappa shape index (κ1) is 24.1. The van der Waals surface area contributed by atoms with Gasteiger partial charge in [-0.25, -0.2) is 0 Å². The van der Waals surface area contributed by atoms with E-state index < -0.39 is 17.1 Å². The Kier molecular flexibility index (Phi) is 6.36. The SMILES string of the molecule is CC1=CC(C)(C)N(C)c2cc(Cl)c(/C=C3/SC(=O)N(CC(=O)Nc4ccc(C)cc4)C3=O)cc21. The first-order valence-electron chi connectivity index (χ1n) is 10.9. The van der Waals surface area contributed by atoms with E-state index in [0.29, 0.717) is 16.3 Å². The zero-order valence-electron chi connectivity index (χ0n) is 19.7. The van der Waals surface area contributed by atoms with Crippen LogP contribution in [0, 0.1) is 6.92 Å². The zero-order valence-corrected chi connectivity index (χ0v) is 21.3. The van der Waals surface area contributed by atoms with Crippen molar-refractivity contribution in [2.75, 3.05) is 23.8 Å². The lowest BCUT2D eigenvalue weighted by Crippen LogP contribution is -2.42. The third-order valence-corrected chi connectivity index (χ3v) is 7.37. The number of aryl methyl sites for hydroxylation is 1. The molecule has 3 amide bonds. The van der Waals surface area contributed by atoms with Crippen LogP contribution in [0.15, 0.2) is 47.4 Å². The van der Waals surface area contributed by atoms with Gasteiger partial charge in [0.05, 0.1) is 10.4 Å². The number of amides is 3. The molecule has 0 saturated carbocycles. The molecule has 0 radical (unpaired) electrons. The summed E-state index contributed by atoms with van der Waals surface area (Å²) in [6.45, 7) is 7.91. The van der Waals surface area contributed by atoms with Gasteiger partial charge in [0.2, 0.25) is 5.91 Å². The van der Waals surface area contributed by atoms with Crippen molar-refractivity contribution in [1.29, 1.82) is 0 Å². The Morgan fingerprint density at radius 1 is 1.15 bits per heavy atom. The minimum atomic E-state index is -0.506. The second-order valence-corrected chi connectivity index (χ2v) is 10.5. The summed E-state index contributed by atoms with van der Waals surface area (Å²) in [5, 5.41) is 2.72. The largest absolute Gasteiger partial charge is 0.365 e. The molecule has 2 aliphatic rings. The number of halogens is 1. The predicted molar refractivity (Wildman–Crippen MR) is 140 cm³/mol. The quantitative estimate of drug-likeness (QED) is 0.530. The van der Waals surface area contributed by atoms with Crippen LogP contribution < -0.4 is 10.2 Å². The van der Waals surface area contributed by atoms with E-state index in [4.69, 9.17) is 11.6 Å². The van der Waals surface area contributed by atoms with Gasteiger partial charge in [-0.3, -0.25) is 19.3 Å². The van der Waals surface area contributed by atoms with Crippen LogP contribution in [-0.2, 0) is 9.59 Å².